The van der Waals surface area contributed by atoms with Crippen LogP contribution in [0, 0.1) is 11.7 Å². The van der Waals surface area contributed by atoms with E-state index in [0.29, 0.717) is 25.7 Å². The van der Waals surface area contributed by atoms with E-state index in [0.717, 1.165) is 47.9 Å². The van der Waals surface area contributed by atoms with E-state index in [4.69, 9.17) is 14.5 Å². The Hall–Kier alpha value is -2.29. The van der Waals surface area contributed by atoms with Crippen LogP contribution in [0.1, 0.15) is 13.3 Å². The van der Waals surface area contributed by atoms with Gasteiger partial charge in [0.1, 0.15) is 11.5 Å². The number of hydrogen-bond donors (Lipinski definition) is 0. The monoisotopic (exact) mass is 416 g/mol. The highest BCUT2D eigenvalue weighted by Crippen LogP contribution is 2.22. The summed E-state index contributed by atoms with van der Waals surface area (Å²) in [6, 6.07) is 6.65. The molecule has 154 valence electrons. The van der Waals surface area contributed by atoms with E-state index in [2.05, 4.69) is 9.67 Å². The third-order valence-corrected chi connectivity index (χ3v) is 5.79. The van der Waals surface area contributed by atoms with Crippen molar-refractivity contribution in [2.24, 2.45) is 10.9 Å². The first-order chi connectivity index (χ1) is 14.2. The number of thiazole rings is 1. The van der Waals surface area contributed by atoms with E-state index in [1.807, 2.05) is 29.2 Å². The molecule has 0 aliphatic carbocycles. The lowest BCUT2D eigenvalue weighted by molar-refractivity contribution is 0.0845. The Labute approximate surface area is 173 Å². The molecule has 0 saturated carbocycles. The summed E-state index contributed by atoms with van der Waals surface area (Å²) in [5.41, 5.74) is 2.57. The summed E-state index contributed by atoms with van der Waals surface area (Å²) in [5, 5.41) is 6.31. The van der Waals surface area contributed by atoms with Crippen LogP contribution in [-0.2, 0) is 22.6 Å². The number of rotatable bonds is 8. The Kier molecular flexibility index (Phi) is 6.53. The maximum absolute atomic E-state index is 13.8. The van der Waals surface area contributed by atoms with Crippen molar-refractivity contribution < 1.29 is 13.9 Å². The molecular formula is C21H25FN4O2S. The highest BCUT2D eigenvalue weighted by molar-refractivity contribution is 7.07. The molecule has 3 aromatic rings. The molecule has 0 bridgehead atoms. The first-order valence-electron chi connectivity index (χ1n) is 9.90. The van der Waals surface area contributed by atoms with Gasteiger partial charge in [-0.15, -0.1) is 11.3 Å². The number of hydrogen-bond acceptors (Lipinski definition) is 5. The van der Waals surface area contributed by atoms with Crippen LogP contribution < -0.4 is 4.80 Å². The summed E-state index contributed by atoms with van der Waals surface area (Å²) >= 11 is 1.53. The van der Waals surface area contributed by atoms with Crippen molar-refractivity contribution in [3.63, 3.8) is 0 Å². The molecule has 1 atom stereocenters. The van der Waals surface area contributed by atoms with Crippen molar-refractivity contribution in [2.45, 2.75) is 26.4 Å². The third-order valence-electron chi connectivity index (χ3n) is 4.92. The zero-order valence-corrected chi connectivity index (χ0v) is 17.3. The molecule has 6 nitrogen and oxygen atoms in total. The minimum atomic E-state index is -0.250. The van der Waals surface area contributed by atoms with Crippen molar-refractivity contribution in [3.05, 3.63) is 52.7 Å². The lowest BCUT2D eigenvalue weighted by Gasteiger charge is -2.12. The molecular weight excluding hydrogens is 391 g/mol. The van der Waals surface area contributed by atoms with Gasteiger partial charge in [0.2, 0.25) is 0 Å². The summed E-state index contributed by atoms with van der Waals surface area (Å²) in [5.74, 6) is 0.231. The highest BCUT2D eigenvalue weighted by Gasteiger charge is 2.16. The molecule has 8 heteroatoms. The number of nitrogens with zero attached hydrogens (tertiary/aromatic N) is 4. The maximum atomic E-state index is 13.8. The smallest absolute Gasteiger partial charge is 0.190 e. The lowest BCUT2D eigenvalue weighted by atomic mass is 10.1. The van der Waals surface area contributed by atoms with Gasteiger partial charge in [0.05, 0.1) is 37.9 Å². The zero-order chi connectivity index (χ0) is 20.1. The van der Waals surface area contributed by atoms with Gasteiger partial charge >= 0.3 is 0 Å². The maximum Gasteiger partial charge on any atom is 0.190 e. The van der Waals surface area contributed by atoms with E-state index >= 15 is 0 Å². The second kappa shape index (κ2) is 9.47. The molecule has 1 unspecified atom stereocenters. The van der Waals surface area contributed by atoms with Crippen LogP contribution >= 0.6 is 11.3 Å². The second-order valence-corrected chi connectivity index (χ2v) is 7.87. The fraction of sp³-hybridized carbons (Fsp3) is 0.429. The largest absolute Gasteiger partial charge is 0.381 e. The molecule has 1 aromatic carbocycles. The van der Waals surface area contributed by atoms with E-state index in [-0.39, 0.29) is 5.82 Å². The number of ether oxygens (including phenoxy) is 2. The fourth-order valence-corrected chi connectivity index (χ4v) is 4.28. The van der Waals surface area contributed by atoms with Crippen LogP contribution in [0.3, 0.4) is 0 Å². The average Bonchev–Trinajstić information content (AvgIpc) is 3.47. The van der Waals surface area contributed by atoms with Gasteiger partial charge in [-0.1, -0.05) is 12.1 Å². The normalized spacial score (nSPS) is 17.3. The topological polar surface area (TPSA) is 53.6 Å². The first-order valence-corrected chi connectivity index (χ1v) is 10.8. The number of aromatic nitrogens is 3. The SMILES string of the molecule is CCn1cc(N=c2scc(-c3cccc(F)c3)n2CCOCC2CCOC2)cn1. The molecule has 0 spiro atoms. The van der Waals surface area contributed by atoms with Gasteiger partial charge in [0.15, 0.2) is 4.80 Å². The van der Waals surface area contributed by atoms with E-state index in [9.17, 15) is 4.39 Å². The molecule has 0 amide bonds. The van der Waals surface area contributed by atoms with Crippen molar-refractivity contribution in [2.75, 3.05) is 26.4 Å². The summed E-state index contributed by atoms with van der Waals surface area (Å²) < 4.78 is 29.0. The van der Waals surface area contributed by atoms with Crippen molar-refractivity contribution in [1.29, 1.82) is 0 Å². The molecule has 2 aromatic heterocycles. The average molecular weight is 417 g/mol. The molecule has 1 aliphatic heterocycles. The van der Waals surface area contributed by atoms with Gasteiger partial charge in [0.25, 0.3) is 0 Å². The van der Waals surface area contributed by atoms with Crippen LogP contribution in [0.25, 0.3) is 11.3 Å². The van der Waals surface area contributed by atoms with Gasteiger partial charge in [-0.05, 0) is 25.5 Å². The Morgan fingerprint density at radius 2 is 2.34 bits per heavy atom. The van der Waals surface area contributed by atoms with E-state index in [1.165, 1.54) is 17.4 Å². The zero-order valence-electron chi connectivity index (χ0n) is 16.5. The van der Waals surface area contributed by atoms with Crippen LogP contribution in [0.4, 0.5) is 10.1 Å². The van der Waals surface area contributed by atoms with Crippen LogP contribution in [0.15, 0.2) is 47.0 Å². The van der Waals surface area contributed by atoms with Gasteiger partial charge in [-0.2, -0.15) is 5.10 Å². The van der Waals surface area contributed by atoms with E-state index in [1.54, 1.807) is 18.3 Å². The molecule has 1 aliphatic rings. The van der Waals surface area contributed by atoms with Crippen LogP contribution in [0.5, 0.6) is 0 Å². The number of halogens is 1. The molecule has 1 saturated heterocycles. The summed E-state index contributed by atoms with van der Waals surface area (Å²) in [6.07, 6.45) is 4.73. The Morgan fingerprint density at radius 3 is 3.10 bits per heavy atom. The van der Waals surface area contributed by atoms with Crippen molar-refractivity contribution >= 4 is 17.0 Å². The Morgan fingerprint density at radius 1 is 1.41 bits per heavy atom. The second-order valence-electron chi connectivity index (χ2n) is 7.04. The molecule has 29 heavy (non-hydrogen) atoms. The number of aryl methyl sites for hydroxylation is 1. The molecule has 3 heterocycles. The molecule has 0 radical (unpaired) electrons. The number of benzene rings is 1. The van der Waals surface area contributed by atoms with Crippen molar-refractivity contribution in [1.82, 2.24) is 14.3 Å². The van der Waals surface area contributed by atoms with Gasteiger partial charge in [-0.3, -0.25) is 4.68 Å². The van der Waals surface area contributed by atoms with E-state index < -0.39 is 0 Å². The Bertz CT molecular complexity index is 1000. The highest BCUT2D eigenvalue weighted by atomic mass is 32.1. The first kappa shape index (κ1) is 20.0. The predicted octanol–water partition coefficient (Wildman–Crippen LogP) is 3.86. The predicted molar refractivity (Wildman–Crippen MR) is 111 cm³/mol. The molecule has 1 fully saturated rings. The van der Waals surface area contributed by atoms with Gasteiger partial charge < -0.3 is 14.0 Å². The van der Waals surface area contributed by atoms with Crippen LogP contribution in [0.2, 0.25) is 0 Å². The summed E-state index contributed by atoms with van der Waals surface area (Å²) in [6.45, 7) is 6.36. The van der Waals surface area contributed by atoms with Crippen LogP contribution in [-0.4, -0.2) is 40.8 Å². The quantitative estimate of drug-likeness (QED) is 0.524. The van der Waals surface area contributed by atoms with Crippen molar-refractivity contribution in [3.8, 4) is 11.3 Å². The fourth-order valence-electron chi connectivity index (χ4n) is 3.33. The van der Waals surface area contributed by atoms with Gasteiger partial charge in [0, 0.05) is 36.6 Å². The summed E-state index contributed by atoms with van der Waals surface area (Å²) in [7, 11) is 0. The minimum absolute atomic E-state index is 0.250. The summed E-state index contributed by atoms with van der Waals surface area (Å²) in [4.78, 5) is 5.60. The molecule has 4 rings (SSSR count). The Balaban J connectivity index is 1.58. The lowest BCUT2D eigenvalue weighted by Crippen LogP contribution is -2.20. The minimum Gasteiger partial charge on any atom is -0.381 e. The molecule has 0 N–H and O–H groups in total. The standard InChI is InChI=1S/C21H25FN4O2S/c1-2-25-12-19(11-23-25)24-21-26(7-9-28-14-16-6-8-27-13-16)20(15-29-21)17-4-3-5-18(22)10-17/h3-5,10-12,15-16H,2,6-9,13-14H2,1H3. The van der Waals surface area contributed by atoms with Gasteiger partial charge in [-0.25, -0.2) is 9.38 Å². The third kappa shape index (κ3) is 5.01.